The van der Waals surface area contributed by atoms with Gasteiger partial charge in [0.1, 0.15) is 24.4 Å². The van der Waals surface area contributed by atoms with Gasteiger partial charge in [-0.2, -0.15) is 0 Å². The summed E-state index contributed by atoms with van der Waals surface area (Å²) >= 11 is 0. The van der Waals surface area contributed by atoms with E-state index in [1.54, 1.807) is 0 Å². The Labute approximate surface area is 150 Å². The second-order valence-electron chi connectivity index (χ2n) is 6.66. The Morgan fingerprint density at radius 1 is 0.654 bits per heavy atom. The molecule has 8 N–H and O–H groups in total. The first kappa shape index (κ1) is 18.9. The predicted molar refractivity (Wildman–Crippen MR) is 82.8 cm³/mol. The molecule has 4 heterocycles. The fourth-order valence-corrected chi connectivity index (χ4v) is 3.19. The fraction of sp³-hybridized carbons (Fsp3) is 1.00. The van der Waals surface area contributed by atoms with Crippen molar-refractivity contribution in [3.05, 3.63) is 0 Å². The molecule has 8 unspecified atom stereocenters. The van der Waals surface area contributed by atoms with Gasteiger partial charge in [-0.25, -0.2) is 0 Å². The van der Waals surface area contributed by atoms with Crippen LogP contribution in [0.3, 0.4) is 0 Å². The van der Waals surface area contributed by atoms with E-state index in [1.165, 1.54) is 0 Å². The molecule has 0 aliphatic carbocycles. The SMILES string of the molecule is NCC1COC2(OCC(C(N)C(N)C3COC4(OCC(CN)O4)O3)O2)O1. The first-order valence-corrected chi connectivity index (χ1v) is 8.66. The third-order valence-corrected chi connectivity index (χ3v) is 4.78. The van der Waals surface area contributed by atoms with Gasteiger partial charge in [-0.3, -0.25) is 18.9 Å². The lowest BCUT2D eigenvalue weighted by Crippen LogP contribution is -2.57. The van der Waals surface area contributed by atoms with Gasteiger partial charge in [0, 0.05) is 13.1 Å². The van der Waals surface area contributed by atoms with Crippen molar-refractivity contribution in [2.45, 2.75) is 48.8 Å². The molecule has 8 atom stereocenters. The minimum atomic E-state index is -1.56. The predicted octanol–water partition coefficient (Wildman–Crippen LogP) is -3.56. The lowest BCUT2D eigenvalue weighted by atomic mass is 10.00. The lowest BCUT2D eigenvalue weighted by molar-refractivity contribution is -0.434. The van der Waals surface area contributed by atoms with Crippen LogP contribution in [-0.4, -0.2) is 88.3 Å². The maximum atomic E-state index is 6.26. The summed E-state index contributed by atoms with van der Waals surface area (Å²) in [6.45, 7) is 1.47. The minimum absolute atomic E-state index is 0.160. The monoisotopic (exact) mass is 378 g/mol. The van der Waals surface area contributed by atoms with Crippen LogP contribution in [0.4, 0.5) is 0 Å². The van der Waals surface area contributed by atoms with Gasteiger partial charge in [0.15, 0.2) is 0 Å². The Morgan fingerprint density at radius 3 is 1.38 bits per heavy atom. The molecular weight excluding hydrogens is 352 g/mol. The third kappa shape index (κ3) is 3.37. The maximum absolute atomic E-state index is 6.26. The maximum Gasteiger partial charge on any atom is 0.413 e. The third-order valence-electron chi connectivity index (χ3n) is 4.78. The summed E-state index contributed by atoms with van der Waals surface area (Å²) in [7, 11) is 0. The molecule has 0 radical (unpaired) electrons. The average molecular weight is 378 g/mol. The summed E-state index contributed by atoms with van der Waals surface area (Å²) in [5, 5.41) is 0. The highest BCUT2D eigenvalue weighted by molar-refractivity contribution is 4.93. The zero-order chi connectivity index (χ0) is 18.4. The highest BCUT2D eigenvalue weighted by atomic mass is 17.1. The van der Waals surface area contributed by atoms with Crippen LogP contribution in [0.25, 0.3) is 0 Å². The van der Waals surface area contributed by atoms with E-state index >= 15 is 0 Å². The van der Waals surface area contributed by atoms with Crippen LogP contribution < -0.4 is 22.9 Å². The number of ether oxygens (including phenoxy) is 8. The highest BCUT2D eigenvalue weighted by Gasteiger charge is 2.56. The van der Waals surface area contributed by atoms with Crippen molar-refractivity contribution in [1.29, 1.82) is 0 Å². The van der Waals surface area contributed by atoms with Gasteiger partial charge in [-0.05, 0) is 0 Å². The van der Waals surface area contributed by atoms with E-state index in [-0.39, 0.29) is 38.6 Å². The molecule has 4 aliphatic heterocycles. The molecule has 0 aromatic carbocycles. The molecule has 12 heteroatoms. The number of nitrogens with two attached hydrogens (primary N) is 4. The van der Waals surface area contributed by atoms with Crippen molar-refractivity contribution in [3.63, 3.8) is 0 Å². The van der Waals surface area contributed by atoms with E-state index in [9.17, 15) is 0 Å². The van der Waals surface area contributed by atoms with Crippen LogP contribution in [0.15, 0.2) is 0 Å². The standard InChI is InChI=1S/C14H26N4O8/c15-1-7-3-19-13(23-7)21-5-9(25-13)11(17)12(18)10-6-22-14(26-10)20-4-8(2-16)24-14/h7-12H,1-6,15-18H2. The molecule has 2 spiro atoms. The van der Waals surface area contributed by atoms with Crippen molar-refractivity contribution >= 4 is 0 Å². The second-order valence-corrected chi connectivity index (χ2v) is 6.66. The van der Waals surface area contributed by atoms with E-state index in [0.717, 1.165) is 0 Å². The van der Waals surface area contributed by atoms with Gasteiger partial charge in [0.25, 0.3) is 0 Å². The van der Waals surface area contributed by atoms with Crippen molar-refractivity contribution in [3.8, 4) is 0 Å². The summed E-state index contributed by atoms with van der Waals surface area (Å²) in [5.41, 5.74) is 23.6. The van der Waals surface area contributed by atoms with Crippen molar-refractivity contribution in [1.82, 2.24) is 0 Å². The van der Waals surface area contributed by atoms with Crippen LogP contribution in [0, 0.1) is 0 Å². The van der Waals surface area contributed by atoms with E-state index in [0.29, 0.717) is 13.1 Å². The van der Waals surface area contributed by atoms with E-state index in [2.05, 4.69) is 0 Å². The van der Waals surface area contributed by atoms with Crippen molar-refractivity contribution in [2.75, 3.05) is 39.5 Å². The number of rotatable bonds is 5. The van der Waals surface area contributed by atoms with Crippen LogP contribution >= 0.6 is 0 Å². The minimum Gasteiger partial charge on any atom is -0.328 e. The Kier molecular flexibility index (Phi) is 5.20. The van der Waals surface area contributed by atoms with Gasteiger partial charge in [0.05, 0.1) is 38.5 Å². The van der Waals surface area contributed by atoms with Crippen molar-refractivity contribution < 1.29 is 37.9 Å². The Morgan fingerprint density at radius 2 is 1.04 bits per heavy atom. The summed E-state index contributed by atoms with van der Waals surface area (Å²) < 4.78 is 44.5. The molecule has 150 valence electrons. The number of hydrogen-bond acceptors (Lipinski definition) is 12. The Bertz CT molecular complexity index is 473. The molecular formula is C14H26N4O8. The van der Waals surface area contributed by atoms with Crippen LogP contribution in [0.1, 0.15) is 0 Å². The van der Waals surface area contributed by atoms with Gasteiger partial charge < -0.3 is 41.9 Å². The zero-order valence-electron chi connectivity index (χ0n) is 14.3. The number of hydrogen-bond donors (Lipinski definition) is 4. The smallest absolute Gasteiger partial charge is 0.328 e. The molecule has 4 rings (SSSR count). The lowest BCUT2D eigenvalue weighted by Gasteiger charge is -2.29. The Hall–Kier alpha value is -0.480. The molecule has 0 aromatic heterocycles. The quantitative estimate of drug-likeness (QED) is 0.370. The molecule has 12 nitrogen and oxygen atoms in total. The van der Waals surface area contributed by atoms with Crippen LogP contribution in [0.2, 0.25) is 0 Å². The highest BCUT2D eigenvalue weighted by Crippen LogP contribution is 2.36. The molecule has 4 saturated heterocycles. The van der Waals surface area contributed by atoms with E-state index in [1.807, 2.05) is 0 Å². The van der Waals surface area contributed by atoms with Gasteiger partial charge in [-0.1, -0.05) is 0 Å². The van der Waals surface area contributed by atoms with E-state index in [4.69, 9.17) is 60.8 Å². The van der Waals surface area contributed by atoms with Gasteiger partial charge in [-0.15, -0.1) is 0 Å². The molecule has 4 fully saturated rings. The normalized spacial score (nSPS) is 48.0. The van der Waals surface area contributed by atoms with Gasteiger partial charge >= 0.3 is 12.3 Å². The summed E-state index contributed by atoms with van der Waals surface area (Å²) in [6, 6.07) is -1.26. The van der Waals surface area contributed by atoms with Crippen LogP contribution in [-0.2, 0) is 37.9 Å². The summed E-state index contributed by atoms with van der Waals surface area (Å²) in [6.07, 6.45) is -4.82. The molecule has 0 bridgehead atoms. The van der Waals surface area contributed by atoms with Crippen molar-refractivity contribution in [2.24, 2.45) is 22.9 Å². The first-order valence-electron chi connectivity index (χ1n) is 8.66. The fourth-order valence-electron chi connectivity index (χ4n) is 3.19. The second kappa shape index (κ2) is 7.16. The van der Waals surface area contributed by atoms with Gasteiger partial charge in [0.2, 0.25) is 0 Å². The summed E-state index contributed by atoms with van der Waals surface area (Å²) in [4.78, 5) is 0. The molecule has 0 saturated carbocycles. The van der Waals surface area contributed by atoms with Crippen LogP contribution in [0.5, 0.6) is 0 Å². The zero-order valence-corrected chi connectivity index (χ0v) is 14.3. The largest absolute Gasteiger partial charge is 0.413 e. The first-order chi connectivity index (χ1) is 12.5. The van der Waals surface area contributed by atoms with E-state index < -0.39 is 36.6 Å². The molecule has 26 heavy (non-hydrogen) atoms. The summed E-state index contributed by atoms with van der Waals surface area (Å²) in [5.74, 6) is 0. The molecule has 0 amide bonds. The Balaban J connectivity index is 1.32. The topological polar surface area (TPSA) is 178 Å². The average Bonchev–Trinajstić information content (AvgIpc) is 3.43. The molecule has 0 aromatic rings. The molecule has 4 aliphatic rings.